The highest BCUT2D eigenvalue weighted by Crippen LogP contribution is 2.24. The standard InChI is InChI=1S/C9H16N2/c1-2-4-9-6-11-7-10-5-8(9)3-1/h3,9-11H,1-2,4-7H2. The maximum absolute atomic E-state index is 3.39. The van der Waals surface area contributed by atoms with Crippen LogP contribution in [0, 0.1) is 5.92 Å². The van der Waals surface area contributed by atoms with Gasteiger partial charge in [-0.25, -0.2) is 0 Å². The van der Waals surface area contributed by atoms with E-state index < -0.39 is 0 Å². The minimum absolute atomic E-state index is 0.832. The molecule has 0 saturated carbocycles. The molecule has 2 aliphatic rings. The van der Waals surface area contributed by atoms with Crippen molar-refractivity contribution in [1.29, 1.82) is 0 Å². The zero-order valence-corrected chi connectivity index (χ0v) is 6.90. The van der Waals surface area contributed by atoms with Crippen molar-refractivity contribution in [3.63, 3.8) is 0 Å². The van der Waals surface area contributed by atoms with Crippen molar-refractivity contribution in [1.82, 2.24) is 10.6 Å². The molecular formula is C9H16N2. The van der Waals surface area contributed by atoms with Gasteiger partial charge in [-0.3, -0.25) is 0 Å². The molecule has 0 radical (unpaired) electrons. The lowest BCUT2D eigenvalue weighted by molar-refractivity contribution is 0.491. The summed E-state index contributed by atoms with van der Waals surface area (Å²) >= 11 is 0. The van der Waals surface area contributed by atoms with E-state index >= 15 is 0 Å². The fraction of sp³-hybridized carbons (Fsp3) is 0.778. The molecular weight excluding hydrogens is 136 g/mol. The summed E-state index contributed by atoms with van der Waals surface area (Å²) in [6.45, 7) is 3.27. The quantitative estimate of drug-likeness (QED) is 0.503. The summed E-state index contributed by atoms with van der Waals surface area (Å²) in [4.78, 5) is 0. The second-order valence-electron chi connectivity index (χ2n) is 3.46. The van der Waals surface area contributed by atoms with E-state index in [1.54, 1.807) is 5.57 Å². The third-order valence-corrected chi connectivity index (χ3v) is 2.66. The Hall–Kier alpha value is -0.340. The van der Waals surface area contributed by atoms with Crippen LogP contribution >= 0.6 is 0 Å². The second kappa shape index (κ2) is 3.37. The van der Waals surface area contributed by atoms with Gasteiger partial charge in [0.15, 0.2) is 0 Å². The average molecular weight is 152 g/mol. The molecule has 1 aliphatic heterocycles. The summed E-state index contributed by atoms with van der Waals surface area (Å²) in [7, 11) is 0. The summed E-state index contributed by atoms with van der Waals surface area (Å²) < 4.78 is 0. The average Bonchev–Trinajstić information content (AvgIpc) is 2.28. The monoisotopic (exact) mass is 152 g/mol. The largest absolute Gasteiger partial charge is 0.304 e. The van der Waals surface area contributed by atoms with Crippen LogP contribution in [0.4, 0.5) is 0 Å². The van der Waals surface area contributed by atoms with Crippen LogP contribution in [0.15, 0.2) is 11.6 Å². The zero-order chi connectivity index (χ0) is 7.52. The SMILES string of the molecule is C1=C2CNCNCC2CCC1. The van der Waals surface area contributed by atoms with Crippen LogP contribution in [-0.4, -0.2) is 19.8 Å². The molecule has 1 saturated heterocycles. The van der Waals surface area contributed by atoms with Crippen LogP contribution in [0.2, 0.25) is 0 Å². The van der Waals surface area contributed by atoms with Gasteiger partial charge >= 0.3 is 0 Å². The molecule has 2 nitrogen and oxygen atoms in total. The Kier molecular flexibility index (Phi) is 2.24. The minimum Gasteiger partial charge on any atom is -0.304 e. The van der Waals surface area contributed by atoms with Crippen molar-refractivity contribution in [3.05, 3.63) is 11.6 Å². The Morgan fingerprint density at radius 1 is 1.36 bits per heavy atom. The molecule has 0 aromatic heterocycles. The highest BCUT2D eigenvalue weighted by Gasteiger charge is 2.18. The lowest BCUT2D eigenvalue weighted by Gasteiger charge is -2.21. The Morgan fingerprint density at radius 3 is 3.36 bits per heavy atom. The van der Waals surface area contributed by atoms with Gasteiger partial charge in [0.05, 0.1) is 0 Å². The van der Waals surface area contributed by atoms with Gasteiger partial charge in [0.2, 0.25) is 0 Å². The molecule has 1 aliphatic carbocycles. The summed E-state index contributed by atoms with van der Waals surface area (Å²) in [5.41, 5.74) is 1.64. The number of nitrogens with one attached hydrogen (secondary N) is 2. The smallest absolute Gasteiger partial charge is 0.0456 e. The molecule has 2 heteroatoms. The summed E-state index contributed by atoms with van der Waals surface area (Å²) in [6.07, 6.45) is 6.50. The van der Waals surface area contributed by atoms with Crippen LogP contribution in [0.3, 0.4) is 0 Å². The Labute approximate surface area is 68.1 Å². The number of allylic oxidation sites excluding steroid dienone is 1. The van der Waals surface area contributed by atoms with E-state index in [0.29, 0.717) is 0 Å². The fourth-order valence-electron chi connectivity index (χ4n) is 2.00. The second-order valence-corrected chi connectivity index (χ2v) is 3.46. The van der Waals surface area contributed by atoms with Gasteiger partial charge < -0.3 is 10.6 Å². The van der Waals surface area contributed by atoms with Gasteiger partial charge in [-0.15, -0.1) is 0 Å². The van der Waals surface area contributed by atoms with Crippen LogP contribution in [0.5, 0.6) is 0 Å². The normalized spacial score (nSPS) is 32.0. The first kappa shape index (κ1) is 7.32. The molecule has 62 valence electrons. The minimum atomic E-state index is 0.832. The number of hydrogen-bond donors (Lipinski definition) is 2. The molecule has 1 fully saturated rings. The van der Waals surface area contributed by atoms with Crippen LogP contribution in [0.25, 0.3) is 0 Å². The molecule has 0 amide bonds. The molecule has 0 aromatic carbocycles. The van der Waals surface area contributed by atoms with Crippen molar-refractivity contribution in [2.45, 2.75) is 19.3 Å². The molecule has 11 heavy (non-hydrogen) atoms. The summed E-state index contributed by atoms with van der Waals surface area (Å²) in [5, 5.41) is 6.76. The fourth-order valence-corrected chi connectivity index (χ4v) is 2.00. The zero-order valence-electron chi connectivity index (χ0n) is 6.90. The molecule has 2 rings (SSSR count). The van der Waals surface area contributed by atoms with Crippen LogP contribution < -0.4 is 10.6 Å². The van der Waals surface area contributed by atoms with E-state index in [4.69, 9.17) is 0 Å². The lowest BCUT2D eigenvalue weighted by atomic mass is 9.88. The van der Waals surface area contributed by atoms with Gasteiger partial charge in [0, 0.05) is 19.8 Å². The van der Waals surface area contributed by atoms with Crippen molar-refractivity contribution in [3.8, 4) is 0 Å². The lowest BCUT2D eigenvalue weighted by Crippen LogP contribution is -2.27. The van der Waals surface area contributed by atoms with Crippen LogP contribution in [0.1, 0.15) is 19.3 Å². The van der Waals surface area contributed by atoms with Crippen molar-refractivity contribution >= 4 is 0 Å². The molecule has 0 aromatic rings. The third kappa shape index (κ3) is 1.63. The molecule has 0 bridgehead atoms. The predicted molar refractivity (Wildman–Crippen MR) is 46.3 cm³/mol. The Balaban J connectivity index is 2.07. The molecule has 0 spiro atoms. The van der Waals surface area contributed by atoms with E-state index in [2.05, 4.69) is 16.7 Å². The highest BCUT2D eigenvalue weighted by molar-refractivity contribution is 5.13. The molecule has 1 atom stereocenters. The number of fused-ring (bicyclic) bond motifs is 1. The number of hydrogen-bond acceptors (Lipinski definition) is 2. The van der Waals surface area contributed by atoms with Gasteiger partial charge in [-0.05, 0) is 25.2 Å². The first-order chi connectivity index (χ1) is 5.47. The predicted octanol–water partition coefficient (Wildman–Crippen LogP) is 0.863. The van der Waals surface area contributed by atoms with E-state index in [-0.39, 0.29) is 0 Å². The Bertz CT molecular complexity index is 163. The van der Waals surface area contributed by atoms with E-state index in [1.165, 1.54) is 25.8 Å². The summed E-state index contributed by atoms with van der Waals surface area (Å²) in [6, 6.07) is 0. The molecule has 2 N–H and O–H groups in total. The van der Waals surface area contributed by atoms with Crippen molar-refractivity contribution in [2.24, 2.45) is 5.92 Å². The Morgan fingerprint density at radius 2 is 2.36 bits per heavy atom. The topological polar surface area (TPSA) is 24.1 Å². The third-order valence-electron chi connectivity index (χ3n) is 2.66. The highest BCUT2D eigenvalue weighted by atomic mass is 15.1. The molecule has 1 unspecified atom stereocenters. The van der Waals surface area contributed by atoms with E-state index in [9.17, 15) is 0 Å². The van der Waals surface area contributed by atoms with E-state index in [0.717, 1.165) is 19.1 Å². The number of rotatable bonds is 0. The first-order valence-electron chi connectivity index (χ1n) is 4.57. The summed E-state index contributed by atoms with van der Waals surface area (Å²) in [5.74, 6) is 0.832. The van der Waals surface area contributed by atoms with Gasteiger partial charge in [-0.2, -0.15) is 0 Å². The van der Waals surface area contributed by atoms with E-state index in [1.807, 2.05) is 0 Å². The van der Waals surface area contributed by atoms with Crippen molar-refractivity contribution < 1.29 is 0 Å². The van der Waals surface area contributed by atoms with Gasteiger partial charge in [0.25, 0.3) is 0 Å². The first-order valence-corrected chi connectivity index (χ1v) is 4.57. The van der Waals surface area contributed by atoms with Gasteiger partial charge in [0.1, 0.15) is 0 Å². The molecule has 1 heterocycles. The van der Waals surface area contributed by atoms with Crippen LogP contribution in [-0.2, 0) is 0 Å². The maximum atomic E-state index is 3.39. The van der Waals surface area contributed by atoms with Gasteiger partial charge in [-0.1, -0.05) is 11.6 Å². The maximum Gasteiger partial charge on any atom is 0.0456 e. The van der Waals surface area contributed by atoms with Crippen molar-refractivity contribution in [2.75, 3.05) is 19.8 Å².